The summed E-state index contributed by atoms with van der Waals surface area (Å²) in [6.45, 7) is 0. The van der Waals surface area contributed by atoms with E-state index in [0.717, 1.165) is 10.2 Å². The van der Waals surface area contributed by atoms with E-state index in [4.69, 9.17) is 17.3 Å². The van der Waals surface area contributed by atoms with E-state index in [1.807, 2.05) is 6.07 Å². The van der Waals surface area contributed by atoms with Crippen molar-refractivity contribution in [3.8, 4) is 0 Å². The predicted octanol–water partition coefficient (Wildman–Crippen LogP) is 2.91. The fourth-order valence-corrected chi connectivity index (χ4v) is 2.25. The first-order valence-electron chi connectivity index (χ1n) is 4.25. The van der Waals surface area contributed by atoms with Crippen LogP contribution in [0, 0.1) is 5.92 Å². The van der Waals surface area contributed by atoms with Gasteiger partial charge < -0.3 is 5.73 Å². The van der Waals surface area contributed by atoms with Gasteiger partial charge in [0.2, 0.25) is 0 Å². The van der Waals surface area contributed by atoms with Gasteiger partial charge in [-0.25, -0.2) is 0 Å². The number of halogens is 2. The second-order valence-electron chi connectivity index (χ2n) is 3.38. The molecule has 0 aromatic carbocycles. The molecule has 2 rings (SSSR count). The Labute approximate surface area is 90.6 Å². The van der Waals surface area contributed by atoms with Crippen molar-refractivity contribution in [3.05, 3.63) is 27.5 Å². The number of hydrogen-bond donors (Lipinski definition) is 1. The average Bonchev–Trinajstić information content (AvgIpc) is 2.85. The molecule has 13 heavy (non-hydrogen) atoms. The van der Waals surface area contributed by atoms with Crippen molar-refractivity contribution >= 4 is 27.5 Å². The van der Waals surface area contributed by atoms with Crippen molar-refractivity contribution in [1.29, 1.82) is 0 Å². The molecule has 1 fully saturated rings. The maximum absolute atomic E-state index is 6.02. The largest absolute Gasteiger partial charge is 0.322 e. The van der Waals surface area contributed by atoms with Crippen molar-refractivity contribution in [3.63, 3.8) is 0 Å². The molecule has 0 amide bonds. The van der Waals surface area contributed by atoms with E-state index in [-0.39, 0.29) is 6.04 Å². The third-order valence-electron chi connectivity index (χ3n) is 2.28. The van der Waals surface area contributed by atoms with Gasteiger partial charge in [-0.1, -0.05) is 11.6 Å². The minimum absolute atomic E-state index is 0.0617. The summed E-state index contributed by atoms with van der Waals surface area (Å²) in [6.07, 6.45) is 4.08. The van der Waals surface area contributed by atoms with Crippen LogP contribution in [0.4, 0.5) is 0 Å². The number of nitrogens with zero attached hydrogens (tertiary/aromatic N) is 1. The van der Waals surface area contributed by atoms with E-state index in [1.165, 1.54) is 12.8 Å². The van der Waals surface area contributed by atoms with E-state index >= 15 is 0 Å². The number of hydrogen-bond acceptors (Lipinski definition) is 2. The maximum Gasteiger partial charge on any atom is 0.0716 e. The van der Waals surface area contributed by atoms with E-state index in [0.29, 0.717) is 10.9 Å². The van der Waals surface area contributed by atoms with Gasteiger partial charge in [0.25, 0.3) is 0 Å². The lowest BCUT2D eigenvalue weighted by atomic mass is 10.1. The highest BCUT2D eigenvalue weighted by Crippen LogP contribution is 2.40. The molecule has 70 valence electrons. The summed E-state index contributed by atoms with van der Waals surface area (Å²) in [5.41, 5.74) is 6.94. The van der Waals surface area contributed by atoms with E-state index in [1.54, 1.807) is 6.20 Å². The minimum Gasteiger partial charge on any atom is -0.322 e. The normalized spacial score (nSPS) is 18.7. The number of pyridine rings is 1. The van der Waals surface area contributed by atoms with Crippen LogP contribution in [0.3, 0.4) is 0 Å². The highest BCUT2D eigenvalue weighted by atomic mass is 79.9. The molecular weight excluding hydrogens is 251 g/mol. The van der Waals surface area contributed by atoms with Gasteiger partial charge >= 0.3 is 0 Å². The van der Waals surface area contributed by atoms with Crippen molar-refractivity contribution in [2.45, 2.75) is 18.9 Å². The summed E-state index contributed by atoms with van der Waals surface area (Å²) < 4.78 is 0.916. The Morgan fingerprint density at radius 3 is 2.85 bits per heavy atom. The van der Waals surface area contributed by atoms with Crippen molar-refractivity contribution in [1.82, 2.24) is 4.98 Å². The van der Waals surface area contributed by atoms with Gasteiger partial charge in [0, 0.05) is 10.7 Å². The zero-order chi connectivity index (χ0) is 9.42. The van der Waals surface area contributed by atoms with E-state index < -0.39 is 0 Å². The molecule has 1 saturated carbocycles. The summed E-state index contributed by atoms with van der Waals surface area (Å²) in [4.78, 5) is 4.24. The average molecular weight is 262 g/mol. The standard InChI is InChI=1S/C9H10BrClN2/c10-7-3-6(11)4-13-9(7)8(12)5-1-2-5/h3-5,8H,1-2,12H2/t8-/m0/s1. The summed E-state index contributed by atoms with van der Waals surface area (Å²) in [7, 11) is 0. The molecule has 1 aromatic rings. The Hall–Kier alpha value is -0.120. The fourth-order valence-electron chi connectivity index (χ4n) is 1.35. The predicted molar refractivity (Wildman–Crippen MR) is 56.6 cm³/mol. The quantitative estimate of drug-likeness (QED) is 0.889. The Bertz CT molecular complexity index is 325. The van der Waals surface area contributed by atoms with Crippen LogP contribution in [0.1, 0.15) is 24.6 Å². The van der Waals surface area contributed by atoms with Gasteiger partial charge in [-0.3, -0.25) is 4.98 Å². The van der Waals surface area contributed by atoms with Crippen LogP contribution in [-0.2, 0) is 0 Å². The van der Waals surface area contributed by atoms with Crippen molar-refractivity contribution in [2.24, 2.45) is 11.7 Å². The first-order valence-corrected chi connectivity index (χ1v) is 5.42. The third kappa shape index (κ3) is 2.03. The fraction of sp³-hybridized carbons (Fsp3) is 0.444. The van der Waals surface area contributed by atoms with Crippen molar-refractivity contribution in [2.75, 3.05) is 0 Å². The van der Waals surface area contributed by atoms with E-state index in [2.05, 4.69) is 20.9 Å². The second kappa shape index (κ2) is 3.56. The van der Waals surface area contributed by atoms with Gasteiger partial charge in [0.05, 0.1) is 16.8 Å². The number of aromatic nitrogens is 1. The molecule has 2 N–H and O–H groups in total. The molecule has 1 heterocycles. The lowest BCUT2D eigenvalue weighted by Gasteiger charge is -2.11. The monoisotopic (exact) mass is 260 g/mol. The van der Waals surface area contributed by atoms with Crippen LogP contribution in [0.2, 0.25) is 5.02 Å². The minimum atomic E-state index is 0.0617. The number of nitrogens with two attached hydrogens (primary N) is 1. The molecule has 2 nitrogen and oxygen atoms in total. The first-order chi connectivity index (χ1) is 6.18. The second-order valence-corrected chi connectivity index (χ2v) is 4.67. The summed E-state index contributed by atoms with van der Waals surface area (Å²) >= 11 is 9.20. The Morgan fingerprint density at radius 2 is 2.31 bits per heavy atom. The Kier molecular flexibility index (Phi) is 2.58. The molecule has 1 atom stereocenters. The summed E-state index contributed by atoms with van der Waals surface area (Å²) in [5, 5.41) is 0.638. The van der Waals surface area contributed by atoms with Crippen LogP contribution >= 0.6 is 27.5 Å². The van der Waals surface area contributed by atoms with Gasteiger partial charge in [0.1, 0.15) is 0 Å². The number of rotatable bonds is 2. The highest BCUT2D eigenvalue weighted by molar-refractivity contribution is 9.10. The molecule has 0 saturated heterocycles. The van der Waals surface area contributed by atoms with Gasteiger partial charge in [0.15, 0.2) is 0 Å². The lowest BCUT2D eigenvalue weighted by Crippen LogP contribution is -2.14. The molecule has 0 aliphatic heterocycles. The van der Waals surface area contributed by atoms with Crippen molar-refractivity contribution < 1.29 is 0 Å². The summed E-state index contributed by atoms with van der Waals surface area (Å²) in [6, 6.07) is 1.90. The molecule has 1 aliphatic rings. The Morgan fingerprint density at radius 1 is 1.62 bits per heavy atom. The van der Waals surface area contributed by atoms with Gasteiger partial charge in [-0.2, -0.15) is 0 Å². The van der Waals surface area contributed by atoms with Crippen LogP contribution in [0.5, 0.6) is 0 Å². The zero-order valence-corrected chi connectivity index (χ0v) is 9.35. The van der Waals surface area contributed by atoms with Crippen LogP contribution in [0.25, 0.3) is 0 Å². The molecule has 1 aromatic heterocycles. The van der Waals surface area contributed by atoms with Crippen LogP contribution < -0.4 is 5.73 Å². The topological polar surface area (TPSA) is 38.9 Å². The molecule has 0 radical (unpaired) electrons. The highest BCUT2D eigenvalue weighted by Gasteiger charge is 2.31. The van der Waals surface area contributed by atoms with Crippen LogP contribution in [-0.4, -0.2) is 4.98 Å². The molecule has 0 spiro atoms. The molecule has 0 bridgehead atoms. The molecule has 1 aliphatic carbocycles. The third-order valence-corrected chi connectivity index (χ3v) is 3.12. The SMILES string of the molecule is N[C@H](c1ncc(Cl)cc1Br)C1CC1. The Balaban J connectivity index is 2.28. The molecule has 4 heteroatoms. The van der Waals surface area contributed by atoms with E-state index in [9.17, 15) is 0 Å². The maximum atomic E-state index is 6.02. The molecular formula is C9H10BrClN2. The first kappa shape index (κ1) is 9.44. The van der Waals surface area contributed by atoms with Crippen LogP contribution in [0.15, 0.2) is 16.7 Å². The van der Waals surface area contributed by atoms with Gasteiger partial charge in [-0.15, -0.1) is 0 Å². The molecule has 0 unspecified atom stereocenters. The lowest BCUT2D eigenvalue weighted by molar-refractivity contribution is 0.612. The van der Waals surface area contributed by atoms with Gasteiger partial charge in [-0.05, 0) is 40.8 Å². The summed E-state index contributed by atoms with van der Waals surface area (Å²) in [5.74, 6) is 0.616. The zero-order valence-electron chi connectivity index (χ0n) is 7.00. The smallest absolute Gasteiger partial charge is 0.0716 e.